The average molecular weight is 467 g/mol. The van der Waals surface area contributed by atoms with Crippen LogP contribution in [0.25, 0.3) is 10.9 Å². The van der Waals surface area contributed by atoms with E-state index in [0.29, 0.717) is 23.3 Å². The van der Waals surface area contributed by atoms with Crippen LogP contribution in [0.3, 0.4) is 0 Å². The summed E-state index contributed by atoms with van der Waals surface area (Å²) < 4.78 is 10.6. The molecule has 0 aliphatic carbocycles. The highest BCUT2D eigenvalue weighted by Gasteiger charge is 2.21. The molecular weight excluding hydrogens is 436 g/mol. The number of rotatable bonds is 6. The average Bonchev–Trinajstić information content (AvgIpc) is 2.74. The van der Waals surface area contributed by atoms with Crippen molar-refractivity contribution >= 4 is 34.6 Å². The van der Waals surface area contributed by atoms with Gasteiger partial charge in [-0.05, 0) is 57.9 Å². The van der Waals surface area contributed by atoms with E-state index in [-0.39, 0.29) is 17.3 Å². The molecule has 180 valence electrons. The molecule has 34 heavy (non-hydrogen) atoms. The minimum Gasteiger partial charge on any atom is -0.444 e. The fourth-order valence-corrected chi connectivity index (χ4v) is 3.44. The molecule has 0 radical (unpaired) electrons. The van der Waals surface area contributed by atoms with Gasteiger partial charge in [-0.15, -0.1) is 0 Å². The van der Waals surface area contributed by atoms with Crippen LogP contribution in [0, 0.1) is 6.92 Å². The number of carbonyl (C=O) groups excluding carboxylic acids is 2. The van der Waals surface area contributed by atoms with Gasteiger partial charge in [-0.25, -0.2) is 9.59 Å². The predicted molar refractivity (Wildman–Crippen MR) is 131 cm³/mol. The summed E-state index contributed by atoms with van der Waals surface area (Å²) in [7, 11) is 1.71. The van der Waals surface area contributed by atoms with E-state index in [0.717, 1.165) is 5.56 Å². The Labute approximate surface area is 198 Å². The zero-order valence-electron chi connectivity index (χ0n) is 20.3. The summed E-state index contributed by atoms with van der Waals surface area (Å²) in [4.78, 5) is 43.5. The van der Waals surface area contributed by atoms with Crippen molar-refractivity contribution in [1.29, 1.82) is 0 Å². The molecule has 1 aromatic heterocycles. The SMILES string of the molecule is Cc1c(NC(=O)OC(C)(C)C)ccc2nc(N[C@@H](C)C(=O)N(C)Cc3ccccc3)oc(=O)c12. The normalized spacial score (nSPS) is 12.2. The molecule has 0 saturated heterocycles. The second kappa shape index (κ2) is 9.94. The number of hydrogen-bond donors (Lipinski definition) is 2. The second-order valence-corrected chi connectivity index (χ2v) is 9.11. The van der Waals surface area contributed by atoms with Crippen molar-refractivity contribution in [3.05, 3.63) is 64.0 Å². The lowest BCUT2D eigenvalue weighted by atomic mass is 10.1. The minimum absolute atomic E-state index is 0.0567. The van der Waals surface area contributed by atoms with Crippen LogP contribution in [-0.4, -0.2) is 40.6 Å². The molecule has 1 atom stereocenters. The molecule has 2 amide bonds. The van der Waals surface area contributed by atoms with E-state index in [9.17, 15) is 14.4 Å². The summed E-state index contributed by atoms with van der Waals surface area (Å²) in [5.41, 5.74) is 1.02. The summed E-state index contributed by atoms with van der Waals surface area (Å²) in [5.74, 6) is -0.179. The number of nitrogens with zero attached hydrogens (tertiary/aromatic N) is 2. The van der Waals surface area contributed by atoms with Gasteiger partial charge in [0.15, 0.2) is 0 Å². The number of amides is 2. The van der Waals surface area contributed by atoms with Crippen LogP contribution in [0.15, 0.2) is 51.7 Å². The summed E-state index contributed by atoms with van der Waals surface area (Å²) in [5, 5.41) is 5.76. The molecule has 0 bridgehead atoms. The number of fused-ring (bicyclic) bond motifs is 1. The maximum Gasteiger partial charge on any atom is 0.412 e. The maximum atomic E-state index is 12.8. The third-order valence-corrected chi connectivity index (χ3v) is 5.04. The first-order chi connectivity index (χ1) is 15.9. The minimum atomic E-state index is -0.670. The van der Waals surface area contributed by atoms with Crippen molar-refractivity contribution < 1.29 is 18.7 Å². The topological polar surface area (TPSA) is 114 Å². The Morgan fingerprint density at radius 3 is 2.47 bits per heavy atom. The largest absolute Gasteiger partial charge is 0.444 e. The number of anilines is 2. The standard InChI is InChI=1S/C25H30N4O5/c1-15-18(28-24(32)34-25(3,4)5)12-13-19-20(15)22(31)33-23(27-19)26-16(2)21(30)29(6)14-17-10-8-7-9-11-17/h7-13,16H,14H2,1-6H3,(H,26,27)(H,28,32)/t16-/m0/s1. The van der Waals surface area contributed by atoms with Crippen molar-refractivity contribution in [2.45, 2.75) is 52.8 Å². The second-order valence-electron chi connectivity index (χ2n) is 9.11. The van der Waals surface area contributed by atoms with E-state index in [2.05, 4.69) is 15.6 Å². The summed E-state index contributed by atoms with van der Waals surface area (Å²) in [6, 6.07) is 12.2. The van der Waals surface area contributed by atoms with Gasteiger partial charge >= 0.3 is 11.7 Å². The fraction of sp³-hybridized carbons (Fsp3) is 0.360. The Hall–Kier alpha value is -3.88. The van der Waals surface area contributed by atoms with E-state index >= 15 is 0 Å². The molecule has 2 N–H and O–H groups in total. The molecule has 3 aromatic rings. The van der Waals surface area contributed by atoms with Crippen LogP contribution < -0.4 is 16.3 Å². The zero-order valence-corrected chi connectivity index (χ0v) is 20.3. The van der Waals surface area contributed by atoms with Gasteiger partial charge in [0.2, 0.25) is 5.91 Å². The summed E-state index contributed by atoms with van der Waals surface area (Å²) >= 11 is 0. The van der Waals surface area contributed by atoms with E-state index in [1.807, 2.05) is 30.3 Å². The van der Waals surface area contributed by atoms with Crippen molar-refractivity contribution in [3.8, 4) is 0 Å². The Kier molecular flexibility index (Phi) is 7.24. The molecule has 0 spiro atoms. The number of benzene rings is 2. The van der Waals surface area contributed by atoms with Crippen molar-refractivity contribution in [1.82, 2.24) is 9.88 Å². The number of aryl methyl sites for hydroxylation is 1. The number of likely N-dealkylation sites (N-methyl/N-ethyl adjacent to an activating group) is 1. The van der Waals surface area contributed by atoms with Crippen LogP contribution in [0.2, 0.25) is 0 Å². The quantitative estimate of drug-likeness (QED) is 0.557. The Balaban J connectivity index is 1.76. The Bertz CT molecular complexity index is 1250. The number of aromatic nitrogens is 1. The molecule has 3 rings (SSSR count). The highest BCUT2D eigenvalue weighted by atomic mass is 16.6. The number of hydrogen-bond acceptors (Lipinski definition) is 7. The van der Waals surface area contributed by atoms with Crippen molar-refractivity contribution in [2.75, 3.05) is 17.7 Å². The van der Waals surface area contributed by atoms with E-state index in [1.165, 1.54) is 0 Å². The maximum absolute atomic E-state index is 12.8. The number of ether oxygens (including phenoxy) is 1. The molecule has 0 aliphatic heterocycles. The van der Waals surface area contributed by atoms with Gasteiger partial charge in [-0.2, -0.15) is 4.98 Å². The summed E-state index contributed by atoms with van der Waals surface area (Å²) in [6.45, 7) is 9.10. The lowest BCUT2D eigenvalue weighted by molar-refractivity contribution is -0.130. The molecule has 2 aromatic carbocycles. The zero-order chi connectivity index (χ0) is 25.0. The van der Waals surface area contributed by atoms with Gasteiger partial charge in [0.05, 0.1) is 10.9 Å². The lowest BCUT2D eigenvalue weighted by Crippen LogP contribution is -2.39. The van der Waals surface area contributed by atoms with Gasteiger partial charge in [0, 0.05) is 19.3 Å². The van der Waals surface area contributed by atoms with E-state index in [4.69, 9.17) is 9.15 Å². The van der Waals surface area contributed by atoms with Crippen LogP contribution in [0.4, 0.5) is 16.5 Å². The van der Waals surface area contributed by atoms with Crippen molar-refractivity contribution in [3.63, 3.8) is 0 Å². The molecule has 9 heteroatoms. The summed E-state index contributed by atoms with van der Waals surface area (Å²) in [6.07, 6.45) is -0.627. The number of carbonyl (C=O) groups is 2. The predicted octanol–water partition coefficient (Wildman–Crippen LogP) is 4.30. The van der Waals surface area contributed by atoms with Gasteiger partial charge in [0.25, 0.3) is 6.01 Å². The van der Waals surface area contributed by atoms with Crippen LogP contribution >= 0.6 is 0 Å². The molecule has 0 unspecified atom stereocenters. The van der Waals surface area contributed by atoms with Gasteiger partial charge < -0.3 is 19.4 Å². The smallest absolute Gasteiger partial charge is 0.412 e. The van der Waals surface area contributed by atoms with Gasteiger partial charge in [0.1, 0.15) is 11.6 Å². The monoisotopic (exact) mass is 466 g/mol. The lowest BCUT2D eigenvalue weighted by Gasteiger charge is -2.22. The van der Waals surface area contributed by atoms with Crippen molar-refractivity contribution in [2.24, 2.45) is 0 Å². The first kappa shape index (κ1) is 24.8. The highest BCUT2D eigenvalue weighted by molar-refractivity contribution is 5.93. The fourth-order valence-electron chi connectivity index (χ4n) is 3.44. The van der Waals surface area contributed by atoms with Gasteiger partial charge in [-0.1, -0.05) is 30.3 Å². The molecule has 0 saturated carbocycles. The highest BCUT2D eigenvalue weighted by Crippen LogP contribution is 2.24. The first-order valence-electron chi connectivity index (χ1n) is 10.9. The van der Waals surface area contributed by atoms with E-state index < -0.39 is 23.4 Å². The molecule has 1 heterocycles. The number of nitrogens with one attached hydrogen (secondary N) is 2. The van der Waals surface area contributed by atoms with Crippen LogP contribution in [0.5, 0.6) is 0 Å². The molecule has 9 nitrogen and oxygen atoms in total. The van der Waals surface area contributed by atoms with Gasteiger partial charge in [-0.3, -0.25) is 10.1 Å². The third-order valence-electron chi connectivity index (χ3n) is 5.04. The molecule has 0 aliphatic rings. The first-order valence-corrected chi connectivity index (χ1v) is 10.9. The third kappa shape index (κ3) is 6.12. The molecular formula is C25H30N4O5. The Morgan fingerprint density at radius 2 is 1.82 bits per heavy atom. The molecule has 0 fully saturated rings. The van der Waals surface area contributed by atoms with E-state index in [1.54, 1.807) is 58.7 Å². The van der Waals surface area contributed by atoms with Crippen LogP contribution in [0.1, 0.15) is 38.8 Å². The van der Waals surface area contributed by atoms with Crippen LogP contribution in [-0.2, 0) is 16.1 Å². The Morgan fingerprint density at radius 1 is 1.15 bits per heavy atom.